The molecule has 3 rings (SSSR count). The van der Waals surface area contributed by atoms with Crippen LogP contribution in [0.25, 0.3) is 6.08 Å². The van der Waals surface area contributed by atoms with E-state index in [1.807, 2.05) is 42.5 Å². The molecule has 0 spiro atoms. The molecule has 0 aliphatic rings. The molecule has 3 aromatic rings. The molecule has 0 aliphatic heterocycles. The number of nitrogens with zero attached hydrogens (tertiary/aromatic N) is 1. The van der Waals surface area contributed by atoms with E-state index in [0.717, 1.165) is 11.1 Å². The van der Waals surface area contributed by atoms with Gasteiger partial charge in [-0.1, -0.05) is 84.4 Å². The third-order valence-electron chi connectivity index (χ3n) is 4.13. The number of hydrogen-bond donors (Lipinski definition) is 2. The zero-order valence-electron chi connectivity index (χ0n) is 16.5. The first kappa shape index (κ1) is 21.7. The number of nitrogens with one attached hydrogen (secondary N) is 2. The number of benzene rings is 3. The smallest absolute Gasteiger partial charge is 0.287 e. The van der Waals surface area contributed by atoms with E-state index < -0.39 is 11.8 Å². The van der Waals surface area contributed by atoms with Gasteiger partial charge in [0.15, 0.2) is 0 Å². The molecule has 0 fully saturated rings. The first-order valence-corrected chi connectivity index (χ1v) is 9.88. The van der Waals surface area contributed by atoms with Crippen LogP contribution in [0.1, 0.15) is 21.5 Å². The lowest BCUT2D eigenvalue weighted by atomic mass is 10.2. The fraction of sp³-hybridized carbons (Fsp3) is 0. The van der Waals surface area contributed by atoms with Crippen molar-refractivity contribution in [2.45, 2.75) is 0 Å². The van der Waals surface area contributed by atoms with E-state index in [4.69, 9.17) is 11.6 Å². The molecule has 0 aromatic heterocycles. The maximum absolute atomic E-state index is 12.6. The number of carbonyl (C=O) groups excluding carboxylic acids is 2. The van der Waals surface area contributed by atoms with Gasteiger partial charge in [0.25, 0.3) is 11.8 Å². The molecule has 154 valence electrons. The Hall–Kier alpha value is -3.96. The van der Waals surface area contributed by atoms with Crippen LogP contribution in [0.2, 0.25) is 5.02 Å². The average Bonchev–Trinajstić information content (AvgIpc) is 2.81. The number of halogens is 1. The van der Waals surface area contributed by atoms with Crippen molar-refractivity contribution in [1.29, 1.82) is 0 Å². The quantitative estimate of drug-likeness (QED) is 0.245. The summed E-state index contributed by atoms with van der Waals surface area (Å²) in [6.07, 6.45) is 6.54. The number of carbonyl (C=O) groups is 2. The van der Waals surface area contributed by atoms with Gasteiger partial charge in [0.2, 0.25) is 0 Å². The Morgan fingerprint density at radius 3 is 2.13 bits per heavy atom. The van der Waals surface area contributed by atoms with Gasteiger partial charge in [-0.25, -0.2) is 5.43 Å². The highest BCUT2D eigenvalue weighted by Crippen LogP contribution is 2.08. The fourth-order valence-corrected chi connectivity index (χ4v) is 2.68. The summed E-state index contributed by atoms with van der Waals surface area (Å²) in [5.74, 6) is -0.941. The molecule has 31 heavy (non-hydrogen) atoms. The number of rotatable bonds is 7. The van der Waals surface area contributed by atoms with Crippen molar-refractivity contribution in [3.05, 3.63) is 124 Å². The minimum atomic E-state index is -0.549. The summed E-state index contributed by atoms with van der Waals surface area (Å²) in [4.78, 5) is 25.1. The average molecular weight is 430 g/mol. The summed E-state index contributed by atoms with van der Waals surface area (Å²) in [6, 6.07) is 25.3. The maximum Gasteiger partial charge on any atom is 0.287 e. The van der Waals surface area contributed by atoms with Gasteiger partial charge in [-0.15, -0.1) is 0 Å². The van der Waals surface area contributed by atoms with Crippen LogP contribution in [0.4, 0.5) is 0 Å². The van der Waals surface area contributed by atoms with Gasteiger partial charge >= 0.3 is 0 Å². The summed E-state index contributed by atoms with van der Waals surface area (Å²) in [6.45, 7) is 0. The monoisotopic (exact) mass is 429 g/mol. The highest BCUT2D eigenvalue weighted by atomic mass is 35.5. The summed E-state index contributed by atoms with van der Waals surface area (Å²) < 4.78 is 0. The minimum Gasteiger partial charge on any atom is -0.317 e. The van der Waals surface area contributed by atoms with Crippen molar-refractivity contribution in [1.82, 2.24) is 10.7 Å². The molecule has 0 saturated heterocycles. The van der Waals surface area contributed by atoms with E-state index in [1.54, 1.807) is 54.6 Å². The van der Waals surface area contributed by atoms with Gasteiger partial charge in [-0.05, 0) is 41.5 Å². The lowest BCUT2D eigenvalue weighted by Gasteiger charge is -2.08. The Kier molecular flexibility index (Phi) is 7.91. The molecule has 0 atom stereocenters. The minimum absolute atomic E-state index is 0.0642. The Bertz CT molecular complexity index is 1110. The van der Waals surface area contributed by atoms with Crippen LogP contribution in [0.5, 0.6) is 0 Å². The third-order valence-corrected chi connectivity index (χ3v) is 4.38. The summed E-state index contributed by atoms with van der Waals surface area (Å²) >= 11 is 5.86. The van der Waals surface area contributed by atoms with Gasteiger partial charge in [0, 0.05) is 10.6 Å². The van der Waals surface area contributed by atoms with E-state index in [-0.39, 0.29) is 5.70 Å². The Morgan fingerprint density at radius 2 is 1.45 bits per heavy atom. The number of amides is 2. The molecule has 0 unspecified atom stereocenters. The molecular formula is C25H20ClN3O2. The van der Waals surface area contributed by atoms with Crippen LogP contribution < -0.4 is 10.7 Å². The largest absolute Gasteiger partial charge is 0.317 e. The van der Waals surface area contributed by atoms with Crippen LogP contribution in [0.15, 0.2) is 108 Å². The van der Waals surface area contributed by atoms with Crippen molar-refractivity contribution in [3.63, 3.8) is 0 Å². The number of hydrazone groups is 1. The molecule has 6 heteroatoms. The zero-order valence-corrected chi connectivity index (χ0v) is 17.3. The zero-order chi connectivity index (χ0) is 21.9. The third kappa shape index (κ3) is 7.10. The van der Waals surface area contributed by atoms with Crippen LogP contribution >= 0.6 is 11.6 Å². The number of hydrogen-bond acceptors (Lipinski definition) is 3. The second-order valence-electron chi connectivity index (χ2n) is 6.42. The predicted molar refractivity (Wildman–Crippen MR) is 125 cm³/mol. The van der Waals surface area contributed by atoms with Crippen molar-refractivity contribution >= 4 is 35.7 Å². The predicted octanol–water partition coefficient (Wildman–Crippen LogP) is 4.82. The highest BCUT2D eigenvalue weighted by Gasteiger charge is 2.13. The topological polar surface area (TPSA) is 70.6 Å². The molecule has 0 heterocycles. The Morgan fingerprint density at radius 1 is 0.806 bits per heavy atom. The summed E-state index contributed by atoms with van der Waals surface area (Å²) in [7, 11) is 0. The van der Waals surface area contributed by atoms with Gasteiger partial charge in [-0.2, -0.15) is 5.10 Å². The molecule has 5 nitrogen and oxygen atoms in total. The van der Waals surface area contributed by atoms with Crippen LogP contribution in [0.3, 0.4) is 0 Å². The Balaban J connectivity index is 1.74. The van der Waals surface area contributed by atoms with Crippen molar-refractivity contribution in [2.75, 3.05) is 0 Å². The van der Waals surface area contributed by atoms with Crippen LogP contribution in [-0.2, 0) is 4.79 Å². The van der Waals surface area contributed by atoms with Gasteiger partial charge in [-0.3, -0.25) is 9.59 Å². The van der Waals surface area contributed by atoms with E-state index in [2.05, 4.69) is 15.8 Å². The second-order valence-corrected chi connectivity index (χ2v) is 6.86. The standard InChI is InChI=1S/C25H20ClN3O2/c26-22-16-14-20(15-17-22)18-27-29-25(31)23(13-7-10-19-8-3-1-4-9-19)28-24(30)21-11-5-2-6-12-21/h1-18H,(H,28,30)(H,29,31)/b10-7+,23-13-,27-18+. The molecule has 3 aromatic carbocycles. The molecule has 0 saturated carbocycles. The van der Waals surface area contributed by atoms with Crippen LogP contribution in [-0.4, -0.2) is 18.0 Å². The summed E-state index contributed by atoms with van der Waals surface area (Å²) in [5.41, 5.74) is 4.68. The first-order chi connectivity index (χ1) is 15.1. The first-order valence-electron chi connectivity index (χ1n) is 9.50. The second kappa shape index (κ2) is 11.3. The molecule has 0 radical (unpaired) electrons. The van der Waals surface area contributed by atoms with E-state index in [9.17, 15) is 9.59 Å². The van der Waals surface area contributed by atoms with Crippen molar-refractivity contribution in [3.8, 4) is 0 Å². The molecule has 0 aliphatic carbocycles. The lowest BCUT2D eigenvalue weighted by molar-refractivity contribution is -0.117. The van der Waals surface area contributed by atoms with Crippen molar-refractivity contribution in [2.24, 2.45) is 5.10 Å². The summed E-state index contributed by atoms with van der Waals surface area (Å²) in [5, 5.41) is 7.21. The van der Waals surface area contributed by atoms with E-state index >= 15 is 0 Å². The molecule has 0 bridgehead atoms. The molecular weight excluding hydrogens is 410 g/mol. The molecule has 2 N–H and O–H groups in total. The van der Waals surface area contributed by atoms with Gasteiger partial charge in [0.1, 0.15) is 5.70 Å². The van der Waals surface area contributed by atoms with Crippen molar-refractivity contribution < 1.29 is 9.59 Å². The van der Waals surface area contributed by atoms with Gasteiger partial charge < -0.3 is 5.32 Å². The highest BCUT2D eigenvalue weighted by molar-refractivity contribution is 6.30. The van der Waals surface area contributed by atoms with Crippen LogP contribution in [0, 0.1) is 0 Å². The lowest BCUT2D eigenvalue weighted by Crippen LogP contribution is -2.32. The maximum atomic E-state index is 12.6. The molecule has 2 amide bonds. The number of allylic oxidation sites excluding steroid dienone is 2. The SMILES string of the molecule is O=C(N/N=C/c1ccc(Cl)cc1)/C(=C/C=C/c1ccccc1)NC(=O)c1ccccc1. The van der Waals surface area contributed by atoms with Gasteiger partial charge in [0.05, 0.1) is 6.21 Å². The normalized spacial score (nSPS) is 11.6. The van der Waals surface area contributed by atoms with E-state index in [1.165, 1.54) is 12.3 Å². The fourth-order valence-electron chi connectivity index (χ4n) is 2.55. The Labute approximate surface area is 185 Å². The van der Waals surface area contributed by atoms with E-state index in [0.29, 0.717) is 10.6 Å².